The number of carbonyl (C=O) groups is 1. The Morgan fingerprint density at radius 3 is 2.95 bits per heavy atom. The fraction of sp³-hybridized carbons (Fsp3) is 0.231. The molecule has 100 valence electrons. The molecule has 0 aliphatic heterocycles. The van der Waals surface area contributed by atoms with Crippen molar-refractivity contribution in [2.75, 3.05) is 7.11 Å². The van der Waals surface area contributed by atoms with Crippen molar-refractivity contribution in [3.05, 3.63) is 46.5 Å². The van der Waals surface area contributed by atoms with E-state index >= 15 is 0 Å². The third kappa shape index (κ3) is 2.61. The van der Waals surface area contributed by atoms with Crippen molar-refractivity contribution >= 4 is 17.4 Å². The molecule has 0 spiro atoms. The molecule has 6 heteroatoms. The molecule has 0 radical (unpaired) electrons. The number of ketones is 1. The number of nitrogens with zero attached hydrogens (tertiary/aromatic N) is 2. The van der Waals surface area contributed by atoms with Gasteiger partial charge in [-0.2, -0.15) is 5.10 Å². The minimum Gasteiger partial charge on any atom is -0.493 e. The van der Waals surface area contributed by atoms with E-state index in [0.29, 0.717) is 11.4 Å². The standard InChI is InChI=1S/C13H12ClFN2O2/c1-17-13(11(19-2)7-16-17)10(18)6-8-4-3-5-9(14)12(8)15/h3-5,7H,6H2,1-2H3. The third-order valence-corrected chi connectivity index (χ3v) is 3.06. The quantitative estimate of drug-likeness (QED) is 0.810. The molecular formula is C13H12ClFN2O2. The first-order valence-corrected chi connectivity index (χ1v) is 5.94. The van der Waals surface area contributed by atoms with Crippen LogP contribution in [0, 0.1) is 5.82 Å². The summed E-state index contributed by atoms with van der Waals surface area (Å²) < 4.78 is 20.2. The molecule has 4 nitrogen and oxygen atoms in total. The summed E-state index contributed by atoms with van der Waals surface area (Å²) in [6.45, 7) is 0. The van der Waals surface area contributed by atoms with Crippen LogP contribution in [0.15, 0.2) is 24.4 Å². The number of aryl methyl sites for hydroxylation is 1. The molecule has 0 aliphatic rings. The zero-order valence-corrected chi connectivity index (χ0v) is 11.2. The molecule has 0 N–H and O–H groups in total. The Hall–Kier alpha value is -1.88. The molecule has 0 aliphatic carbocycles. The second-order valence-electron chi connectivity index (χ2n) is 4.00. The predicted octanol–water partition coefficient (Wildman–Crippen LogP) is 2.65. The van der Waals surface area contributed by atoms with Gasteiger partial charge >= 0.3 is 0 Å². The number of carbonyl (C=O) groups excluding carboxylic acids is 1. The maximum Gasteiger partial charge on any atom is 0.189 e. The van der Waals surface area contributed by atoms with E-state index in [0.717, 1.165) is 0 Å². The second kappa shape index (κ2) is 5.40. The van der Waals surface area contributed by atoms with Crippen LogP contribution in [0.3, 0.4) is 0 Å². The Balaban J connectivity index is 2.31. The first-order chi connectivity index (χ1) is 9.04. The molecular weight excluding hydrogens is 271 g/mol. The molecule has 0 bridgehead atoms. The molecule has 0 fully saturated rings. The van der Waals surface area contributed by atoms with E-state index in [-0.39, 0.29) is 22.8 Å². The van der Waals surface area contributed by atoms with Gasteiger partial charge in [-0.15, -0.1) is 0 Å². The van der Waals surface area contributed by atoms with Gasteiger partial charge in [-0.3, -0.25) is 9.48 Å². The van der Waals surface area contributed by atoms with Crippen LogP contribution in [0.2, 0.25) is 5.02 Å². The van der Waals surface area contributed by atoms with E-state index in [9.17, 15) is 9.18 Å². The average molecular weight is 283 g/mol. The molecule has 19 heavy (non-hydrogen) atoms. The number of hydrogen-bond acceptors (Lipinski definition) is 3. The first kappa shape index (κ1) is 13.5. The van der Waals surface area contributed by atoms with Gasteiger partial charge in [0.2, 0.25) is 0 Å². The first-order valence-electron chi connectivity index (χ1n) is 5.56. The van der Waals surface area contributed by atoms with Crippen molar-refractivity contribution in [1.82, 2.24) is 9.78 Å². The summed E-state index contributed by atoms with van der Waals surface area (Å²) in [5.74, 6) is -0.480. The van der Waals surface area contributed by atoms with Crippen LogP contribution in [0.1, 0.15) is 16.1 Å². The Labute approximate surface area is 114 Å². The van der Waals surface area contributed by atoms with E-state index in [4.69, 9.17) is 16.3 Å². The summed E-state index contributed by atoms with van der Waals surface area (Å²) in [7, 11) is 3.08. The summed E-state index contributed by atoms with van der Waals surface area (Å²) >= 11 is 5.68. The fourth-order valence-corrected chi connectivity index (χ4v) is 2.02. The van der Waals surface area contributed by atoms with Crippen LogP contribution < -0.4 is 4.74 Å². The van der Waals surface area contributed by atoms with E-state index in [1.807, 2.05) is 0 Å². The number of aromatic nitrogens is 2. The molecule has 1 aromatic heterocycles. The van der Waals surface area contributed by atoms with Gasteiger partial charge in [0.1, 0.15) is 11.5 Å². The highest BCUT2D eigenvalue weighted by Gasteiger charge is 2.19. The lowest BCUT2D eigenvalue weighted by Crippen LogP contribution is -2.12. The minimum absolute atomic E-state index is 0.00210. The number of Topliss-reactive ketones (excluding diaryl/α,β-unsaturated/α-hetero) is 1. The lowest BCUT2D eigenvalue weighted by molar-refractivity contribution is 0.0980. The lowest BCUT2D eigenvalue weighted by Gasteiger charge is -2.06. The molecule has 2 rings (SSSR count). The molecule has 2 aromatic rings. The van der Waals surface area contributed by atoms with Crippen molar-refractivity contribution in [2.24, 2.45) is 7.05 Å². The summed E-state index contributed by atoms with van der Waals surface area (Å²) in [5.41, 5.74) is 0.558. The van der Waals surface area contributed by atoms with Gasteiger partial charge in [0.15, 0.2) is 11.5 Å². The van der Waals surface area contributed by atoms with Crippen LogP contribution in [-0.4, -0.2) is 22.7 Å². The second-order valence-corrected chi connectivity index (χ2v) is 4.41. The van der Waals surface area contributed by atoms with Gasteiger partial charge in [0.05, 0.1) is 18.3 Å². The number of benzene rings is 1. The van der Waals surface area contributed by atoms with Crippen LogP contribution >= 0.6 is 11.6 Å². The van der Waals surface area contributed by atoms with Crippen LogP contribution in [0.25, 0.3) is 0 Å². The highest BCUT2D eigenvalue weighted by atomic mass is 35.5. The minimum atomic E-state index is -0.571. The van der Waals surface area contributed by atoms with Gasteiger partial charge in [0.25, 0.3) is 0 Å². The van der Waals surface area contributed by atoms with E-state index < -0.39 is 5.82 Å². The van der Waals surface area contributed by atoms with Gasteiger partial charge < -0.3 is 4.74 Å². The lowest BCUT2D eigenvalue weighted by atomic mass is 10.1. The largest absolute Gasteiger partial charge is 0.493 e. The summed E-state index contributed by atoms with van der Waals surface area (Å²) in [6.07, 6.45) is 1.35. The smallest absolute Gasteiger partial charge is 0.189 e. The zero-order chi connectivity index (χ0) is 14.0. The Morgan fingerprint density at radius 1 is 1.53 bits per heavy atom. The Kier molecular flexibility index (Phi) is 3.85. The highest BCUT2D eigenvalue weighted by molar-refractivity contribution is 6.30. The molecule has 0 amide bonds. The van der Waals surface area contributed by atoms with E-state index in [1.165, 1.54) is 30.1 Å². The van der Waals surface area contributed by atoms with Gasteiger partial charge in [-0.1, -0.05) is 23.7 Å². The van der Waals surface area contributed by atoms with Crippen molar-refractivity contribution in [3.8, 4) is 5.75 Å². The molecule has 0 unspecified atom stereocenters. The Morgan fingerprint density at radius 2 is 2.26 bits per heavy atom. The monoisotopic (exact) mass is 282 g/mol. The topological polar surface area (TPSA) is 44.1 Å². The van der Waals surface area contributed by atoms with Gasteiger partial charge in [0, 0.05) is 13.5 Å². The summed E-state index contributed by atoms with van der Waals surface area (Å²) in [4.78, 5) is 12.2. The van der Waals surface area contributed by atoms with Crippen LogP contribution in [0.5, 0.6) is 5.75 Å². The fourth-order valence-electron chi connectivity index (χ4n) is 1.83. The average Bonchev–Trinajstić information content (AvgIpc) is 2.76. The molecule has 0 saturated carbocycles. The number of hydrogen-bond donors (Lipinski definition) is 0. The van der Waals surface area contributed by atoms with Gasteiger partial charge in [-0.25, -0.2) is 4.39 Å². The SMILES string of the molecule is COc1cnn(C)c1C(=O)Cc1cccc(Cl)c1F. The zero-order valence-electron chi connectivity index (χ0n) is 10.5. The molecule has 1 aromatic carbocycles. The molecule has 0 saturated heterocycles. The molecule has 1 heterocycles. The number of methoxy groups -OCH3 is 1. The van der Waals surface area contributed by atoms with E-state index in [1.54, 1.807) is 13.1 Å². The maximum atomic E-state index is 13.7. The van der Waals surface area contributed by atoms with Crippen molar-refractivity contribution in [2.45, 2.75) is 6.42 Å². The molecule has 0 atom stereocenters. The predicted molar refractivity (Wildman–Crippen MR) is 69.2 cm³/mol. The number of rotatable bonds is 4. The number of halogens is 2. The van der Waals surface area contributed by atoms with Crippen LogP contribution in [0.4, 0.5) is 4.39 Å². The van der Waals surface area contributed by atoms with Crippen molar-refractivity contribution in [1.29, 1.82) is 0 Å². The summed E-state index contributed by atoms with van der Waals surface area (Å²) in [5, 5.41) is 3.94. The Bertz CT molecular complexity index is 625. The van der Waals surface area contributed by atoms with Crippen molar-refractivity contribution < 1.29 is 13.9 Å². The third-order valence-electron chi connectivity index (χ3n) is 2.77. The maximum absolute atomic E-state index is 13.7. The summed E-state index contributed by atoms with van der Waals surface area (Å²) in [6, 6.07) is 4.58. The van der Waals surface area contributed by atoms with Crippen molar-refractivity contribution in [3.63, 3.8) is 0 Å². The van der Waals surface area contributed by atoms with E-state index in [2.05, 4.69) is 5.10 Å². The normalized spacial score (nSPS) is 10.5. The number of ether oxygens (including phenoxy) is 1. The highest BCUT2D eigenvalue weighted by Crippen LogP contribution is 2.22. The van der Waals surface area contributed by atoms with Crippen LogP contribution in [-0.2, 0) is 13.5 Å². The van der Waals surface area contributed by atoms with Gasteiger partial charge in [-0.05, 0) is 11.6 Å².